The number of carboxylic acids is 2. The minimum atomic E-state index is -1.14. The third kappa shape index (κ3) is 4.97. The molecule has 0 spiro atoms. The molecule has 19 heavy (non-hydrogen) atoms. The molecule has 0 bridgehead atoms. The number of aliphatic carboxylic acids is 2. The van der Waals surface area contributed by atoms with Gasteiger partial charge >= 0.3 is 11.9 Å². The van der Waals surface area contributed by atoms with Crippen LogP contribution < -0.4 is 10.1 Å². The Bertz CT molecular complexity index is 458. The Morgan fingerprint density at radius 2 is 2.00 bits per heavy atom. The monoisotopic (exact) mass is 267 g/mol. The van der Waals surface area contributed by atoms with Crippen molar-refractivity contribution in [1.29, 1.82) is 0 Å². The van der Waals surface area contributed by atoms with E-state index in [4.69, 9.17) is 14.9 Å². The lowest BCUT2D eigenvalue weighted by atomic mass is 10.1. The van der Waals surface area contributed by atoms with Crippen LogP contribution in [0.2, 0.25) is 0 Å². The van der Waals surface area contributed by atoms with Gasteiger partial charge in [-0.2, -0.15) is 0 Å². The van der Waals surface area contributed by atoms with Gasteiger partial charge in [0.1, 0.15) is 11.8 Å². The van der Waals surface area contributed by atoms with Crippen molar-refractivity contribution in [2.45, 2.75) is 26.0 Å². The zero-order chi connectivity index (χ0) is 14.4. The average Bonchev–Trinajstić information content (AvgIpc) is 2.27. The van der Waals surface area contributed by atoms with Crippen molar-refractivity contribution in [1.82, 2.24) is 5.32 Å². The van der Waals surface area contributed by atoms with Gasteiger partial charge in [0, 0.05) is 0 Å². The molecule has 0 radical (unpaired) electrons. The summed E-state index contributed by atoms with van der Waals surface area (Å²) in [6.07, 6.45) is -0.0227. The molecule has 0 saturated carbocycles. The third-order valence-electron chi connectivity index (χ3n) is 2.27. The maximum atomic E-state index is 11.1. The van der Waals surface area contributed by atoms with Crippen LogP contribution in [0.5, 0.6) is 5.75 Å². The minimum Gasteiger partial charge on any atom is -0.491 e. The van der Waals surface area contributed by atoms with Crippen LogP contribution in [-0.2, 0) is 9.59 Å². The predicted molar refractivity (Wildman–Crippen MR) is 68.2 cm³/mol. The first-order valence-electron chi connectivity index (χ1n) is 5.84. The molecule has 0 amide bonds. The van der Waals surface area contributed by atoms with E-state index in [1.165, 1.54) is 0 Å². The molecule has 104 valence electrons. The van der Waals surface area contributed by atoms with E-state index in [2.05, 4.69) is 5.32 Å². The third-order valence-corrected chi connectivity index (χ3v) is 2.27. The van der Waals surface area contributed by atoms with Crippen LogP contribution in [0.25, 0.3) is 0 Å². The molecule has 1 atom stereocenters. The zero-order valence-corrected chi connectivity index (χ0v) is 10.8. The van der Waals surface area contributed by atoms with E-state index >= 15 is 0 Å². The van der Waals surface area contributed by atoms with Gasteiger partial charge in [0.15, 0.2) is 0 Å². The van der Waals surface area contributed by atoms with Crippen LogP contribution in [0.3, 0.4) is 0 Å². The summed E-state index contributed by atoms with van der Waals surface area (Å²) in [7, 11) is 0. The quantitative estimate of drug-likeness (QED) is 0.688. The maximum absolute atomic E-state index is 11.1. The number of carboxylic acid groups (broad SMARTS) is 2. The van der Waals surface area contributed by atoms with Gasteiger partial charge in [0.2, 0.25) is 0 Å². The molecule has 0 aromatic heterocycles. The highest BCUT2D eigenvalue weighted by atomic mass is 16.5. The lowest BCUT2D eigenvalue weighted by Gasteiger charge is -2.16. The zero-order valence-electron chi connectivity index (χ0n) is 10.8. The SMILES string of the molecule is CC(C)Oc1cccc(C(NCC(=O)O)C(=O)O)c1. The molecule has 1 aromatic rings. The number of rotatable bonds is 7. The molecule has 1 aromatic carbocycles. The standard InChI is InChI=1S/C13H17NO5/c1-8(2)19-10-5-3-4-9(6-10)12(13(17)18)14-7-11(15)16/h3-6,8,12,14H,7H2,1-2H3,(H,15,16)(H,17,18). The van der Waals surface area contributed by atoms with Crippen molar-refractivity contribution in [3.8, 4) is 5.75 Å². The fourth-order valence-electron chi connectivity index (χ4n) is 1.58. The first kappa shape index (κ1) is 15.0. The molecule has 0 aliphatic rings. The molecule has 6 nitrogen and oxygen atoms in total. The van der Waals surface area contributed by atoms with E-state index in [1.807, 2.05) is 13.8 Å². The number of benzene rings is 1. The van der Waals surface area contributed by atoms with Gasteiger partial charge < -0.3 is 14.9 Å². The Morgan fingerprint density at radius 3 is 2.53 bits per heavy atom. The first-order chi connectivity index (χ1) is 8.90. The molecular weight excluding hydrogens is 250 g/mol. The molecule has 0 aliphatic heterocycles. The molecule has 1 unspecified atom stereocenters. The Labute approximate surface area is 111 Å². The van der Waals surface area contributed by atoms with Gasteiger partial charge in [0.05, 0.1) is 12.6 Å². The van der Waals surface area contributed by atoms with Crippen LogP contribution >= 0.6 is 0 Å². The molecule has 0 fully saturated rings. The highest BCUT2D eigenvalue weighted by Gasteiger charge is 2.20. The fourth-order valence-corrected chi connectivity index (χ4v) is 1.58. The van der Waals surface area contributed by atoms with Gasteiger partial charge in [-0.15, -0.1) is 0 Å². The van der Waals surface area contributed by atoms with Crippen LogP contribution in [0.15, 0.2) is 24.3 Å². The minimum absolute atomic E-state index is 0.0227. The lowest BCUT2D eigenvalue weighted by Crippen LogP contribution is -2.32. The summed E-state index contributed by atoms with van der Waals surface area (Å²) in [5.41, 5.74) is 0.451. The second kappa shape index (κ2) is 6.75. The molecule has 0 saturated heterocycles. The second-order valence-electron chi connectivity index (χ2n) is 4.28. The summed E-state index contributed by atoms with van der Waals surface area (Å²) in [6.45, 7) is 3.31. The highest BCUT2D eigenvalue weighted by molar-refractivity contribution is 5.77. The molecule has 6 heteroatoms. The van der Waals surface area contributed by atoms with Crippen LogP contribution in [0, 0.1) is 0 Å². The molecule has 0 heterocycles. The van der Waals surface area contributed by atoms with E-state index in [9.17, 15) is 9.59 Å². The highest BCUT2D eigenvalue weighted by Crippen LogP contribution is 2.20. The number of ether oxygens (including phenoxy) is 1. The van der Waals surface area contributed by atoms with Gasteiger partial charge in [-0.05, 0) is 31.5 Å². The summed E-state index contributed by atoms with van der Waals surface area (Å²) >= 11 is 0. The number of hydrogen-bond donors (Lipinski definition) is 3. The Morgan fingerprint density at radius 1 is 1.32 bits per heavy atom. The van der Waals surface area contributed by atoms with Crippen LogP contribution in [-0.4, -0.2) is 34.8 Å². The molecule has 3 N–H and O–H groups in total. The number of hydrogen-bond acceptors (Lipinski definition) is 4. The molecule has 0 aliphatic carbocycles. The van der Waals surface area contributed by atoms with Crippen LogP contribution in [0.4, 0.5) is 0 Å². The van der Waals surface area contributed by atoms with E-state index in [0.29, 0.717) is 11.3 Å². The Hall–Kier alpha value is -2.08. The Kier molecular flexibility index (Phi) is 5.32. The number of carbonyl (C=O) groups is 2. The largest absolute Gasteiger partial charge is 0.491 e. The van der Waals surface area contributed by atoms with Gasteiger partial charge in [0.25, 0.3) is 0 Å². The van der Waals surface area contributed by atoms with E-state index in [1.54, 1.807) is 24.3 Å². The smallest absolute Gasteiger partial charge is 0.325 e. The average molecular weight is 267 g/mol. The van der Waals surface area contributed by atoms with E-state index in [-0.39, 0.29) is 6.10 Å². The summed E-state index contributed by atoms with van der Waals surface area (Å²) < 4.78 is 5.47. The normalized spacial score (nSPS) is 12.2. The number of nitrogens with one attached hydrogen (secondary N) is 1. The summed E-state index contributed by atoms with van der Waals surface area (Å²) in [4.78, 5) is 21.6. The van der Waals surface area contributed by atoms with Crippen molar-refractivity contribution >= 4 is 11.9 Å². The van der Waals surface area contributed by atoms with Gasteiger partial charge in [-0.25, -0.2) is 0 Å². The van der Waals surface area contributed by atoms with Crippen molar-refractivity contribution in [2.75, 3.05) is 6.54 Å². The van der Waals surface area contributed by atoms with E-state index in [0.717, 1.165) is 0 Å². The molecular formula is C13H17NO5. The van der Waals surface area contributed by atoms with E-state index < -0.39 is 24.5 Å². The van der Waals surface area contributed by atoms with Gasteiger partial charge in [-0.1, -0.05) is 12.1 Å². The summed E-state index contributed by atoms with van der Waals surface area (Å²) in [6, 6.07) is 5.52. The van der Waals surface area contributed by atoms with Crippen molar-refractivity contribution in [2.24, 2.45) is 0 Å². The summed E-state index contributed by atoms with van der Waals surface area (Å²) in [5, 5.41) is 20.2. The lowest BCUT2D eigenvalue weighted by molar-refractivity contribution is -0.140. The molecule has 1 rings (SSSR count). The van der Waals surface area contributed by atoms with Crippen LogP contribution in [0.1, 0.15) is 25.5 Å². The summed E-state index contributed by atoms with van der Waals surface area (Å²) in [5.74, 6) is -1.69. The predicted octanol–water partition coefficient (Wildman–Crippen LogP) is 1.27. The Balaban J connectivity index is 2.89. The maximum Gasteiger partial charge on any atom is 0.325 e. The van der Waals surface area contributed by atoms with Gasteiger partial charge in [-0.3, -0.25) is 14.9 Å². The topological polar surface area (TPSA) is 95.9 Å². The fraction of sp³-hybridized carbons (Fsp3) is 0.385. The second-order valence-corrected chi connectivity index (χ2v) is 4.28. The van der Waals surface area contributed by atoms with Crippen molar-refractivity contribution < 1.29 is 24.5 Å². The van der Waals surface area contributed by atoms with Crippen molar-refractivity contribution in [3.63, 3.8) is 0 Å². The van der Waals surface area contributed by atoms with Crippen molar-refractivity contribution in [3.05, 3.63) is 29.8 Å². The first-order valence-corrected chi connectivity index (χ1v) is 5.84.